The molecule has 3 N–H and O–H groups in total. The zero-order valence-corrected chi connectivity index (χ0v) is 9.15. The van der Waals surface area contributed by atoms with Crippen LogP contribution in [-0.4, -0.2) is 35.1 Å². The predicted octanol–water partition coefficient (Wildman–Crippen LogP) is -0.767. The van der Waals surface area contributed by atoms with Crippen molar-refractivity contribution in [2.45, 2.75) is 25.7 Å². The predicted molar refractivity (Wildman–Crippen MR) is 57.1 cm³/mol. The van der Waals surface area contributed by atoms with Crippen LogP contribution >= 0.6 is 0 Å². The maximum absolute atomic E-state index is 11.6. The van der Waals surface area contributed by atoms with Crippen molar-refractivity contribution in [2.24, 2.45) is 10.5 Å². The fourth-order valence-corrected chi connectivity index (χ4v) is 1.61. The van der Waals surface area contributed by atoms with Gasteiger partial charge in [-0.25, -0.2) is 5.43 Å². The van der Waals surface area contributed by atoms with E-state index in [9.17, 15) is 14.4 Å². The van der Waals surface area contributed by atoms with Crippen molar-refractivity contribution >= 4 is 23.5 Å². The Morgan fingerprint density at radius 3 is 2.59 bits per heavy atom. The molecule has 0 saturated heterocycles. The van der Waals surface area contributed by atoms with E-state index in [-0.39, 0.29) is 31.0 Å². The minimum absolute atomic E-state index is 0.119. The van der Waals surface area contributed by atoms with Crippen LogP contribution in [-0.2, 0) is 14.4 Å². The van der Waals surface area contributed by atoms with Crippen LogP contribution in [0.5, 0.6) is 0 Å². The zero-order valence-electron chi connectivity index (χ0n) is 9.15. The molecule has 1 saturated carbocycles. The summed E-state index contributed by atoms with van der Waals surface area (Å²) in [5.74, 6) is -1.50. The van der Waals surface area contributed by atoms with Gasteiger partial charge in [-0.05, 0) is 12.8 Å². The standard InChI is InChI=1S/C10H13N3O4/c14-7-2-1-6(12-13-7)8(15)11-5-10(3-4-10)9(16)17/h1-5H2,(H,11,15)(H,13,14)(H,16,17). The summed E-state index contributed by atoms with van der Waals surface area (Å²) in [6, 6.07) is 0. The van der Waals surface area contributed by atoms with E-state index < -0.39 is 17.3 Å². The Labute approximate surface area is 97.3 Å². The minimum atomic E-state index is -0.878. The molecule has 17 heavy (non-hydrogen) atoms. The minimum Gasteiger partial charge on any atom is -0.481 e. The Morgan fingerprint density at radius 1 is 1.41 bits per heavy atom. The first-order chi connectivity index (χ1) is 8.03. The molecule has 0 aromatic heterocycles. The highest BCUT2D eigenvalue weighted by molar-refractivity contribution is 6.39. The third-order valence-electron chi connectivity index (χ3n) is 3.06. The third-order valence-corrected chi connectivity index (χ3v) is 3.06. The Morgan fingerprint density at radius 2 is 2.12 bits per heavy atom. The lowest BCUT2D eigenvalue weighted by Gasteiger charge is -2.14. The first-order valence-corrected chi connectivity index (χ1v) is 5.40. The Bertz CT molecular complexity index is 412. The lowest BCUT2D eigenvalue weighted by molar-refractivity contribution is -0.143. The van der Waals surface area contributed by atoms with E-state index in [2.05, 4.69) is 15.8 Å². The maximum atomic E-state index is 11.6. The van der Waals surface area contributed by atoms with Gasteiger partial charge in [0, 0.05) is 19.4 Å². The number of hydrazone groups is 1. The molecule has 1 fully saturated rings. The molecule has 2 amide bonds. The van der Waals surface area contributed by atoms with Crippen molar-refractivity contribution in [2.75, 3.05) is 6.54 Å². The van der Waals surface area contributed by atoms with Crippen molar-refractivity contribution in [1.29, 1.82) is 0 Å². The van der Waals surface area contributed by atoms with Crippen LogP contribution in [0, 0.1) is 5.41 Å². The Kier molecular flexibility index (Phi) is 2.83. The van der Waals surface area contributed by atoms with Crippen molar-refractivity contribution in [1.82, 2.24) is 10.7 Å². The molecule has 0 atom stereocenters. The van der Waals surface area contributed by atoms with Gasteiger partial charge in [0.05, 0.1) is 5.41 Å². The second-order valence-electron chi connectivity index (χ2n) is 4.36. The molecule has 0 spiro atoms. The maximum Gasteiger partial charge on any atom is 0.311 e. The topological polar surface area (TPSA) is 108 Å². The summed E-state index contributed by atoms with van der Waals surface area (Å²) in [7, 11) is 0. The lowest BCUT2D eigenvalue weighted by atomic mass is 10.1. The van der Waals surface area contributed by atoms with Crippen molar-refractivity contribution in [3.63, 3.8) is 0 Å². The molecule has 2 aliphatic rings. The fraction of sp³-hybridized carbons (Fsp3) is 0.600. The van der Waals surface area contributed by atoms with E-state index in [0.29, 0.717) is 12.8 Å². The summed E-state index contributed by atoms with van der Waals surface area (Å²) in [6.45, 7) is 0.119. The molecule has 0 unspecified atom stereocenters. The molecular weight excluding hydrogens is 226 g/mol. The highest BCUT2D eigenvalue weighted by Crippen LogP contribution is 2.45. The first-order valence-electron chi connectivity index (χ1n) is 5.40. The highest BCUT2D eigenvalue weighted by Gasteiger charge is 2.50. The molecule has 7 heteroatoms. The molecule has 0 radical (unpaired) electrons. The number of nitrogens with zero attached hydrogens (tertiary/aromatic N) is 1. The molecule has 92 valence electrons. The zero-order chi connectivity index (χ0) is 12.5. The molecule has 0 bridgehead atoms. The van der Waals surface area contributed by atoms with Crippen molar-refractivity contribution < 1.29 is 19.5 Å². The van der Waals surface area contributed by atoms with Crippen LogP contribution < -0.4 is 10.7 Å². The van der Waals surface area contributed by atoms with Crippen LogP contribution in [0.2, 0.25) is 0 Å². The van der Waals surface area contributed by atoms with Crippen LogP contribution in [0.4, 0.5) is 0 Å². The van der Waals surface area contributed by atoms with E-state index in [4.69, 9.17) is 5.11 Å². The van der Waals surface area contributed by atoms with Gasteiger partial charge >= 0.3 is 5.97 Å². The summed E-state index contributed by atoms with van der Waals surface area (Å²) >= 11 is 0. The number of amides is 2. The van der Waals surface area contributed by atoms with E-state index in [1.165, 1.54) is 0 Å². The van der Waals surface area contributed by atoms with Gasteiger partial charge in [0.15, 0.2) is 0 Å². The van der Waals surface area contributed by atoms with Gasteiger partial charge in [-0.2, -0.15) is 5.10 Å². The summed E-state index contributed by atoms with van der Waals surface area (Å²) in [5.41, 5.74) is 1.68. The molecule has 2 rings (SSSR count). The highest BCUT2D eigenvalue weighted by atomic mass is 16.4. The molecule has 1 aliphatic carbocycles. The monoisotopic (exact) mass is 239 g/mol. The molecular formula is C10H13N3O4. The number of carbonyl (C=O) groups is 3. The molecule has 7 nitrogen and oxygen atoms in total. The average molecular weight is 239 g/mol. The van der Waals surface area contributed by atoms with E-state index in [0.717, 1.165) is 0 Å². The number of aliphatic carboxylic acids is 1. The van der Waals surface area contributed by atoms with Crippen LogP contribution in [0.25, 0.3) is 0 Å². The van der Waals surface area contributed by atoms with Gasteiger partial charge in [0.2, 0.25) is 5.91 Å². The van der Waals surface area contributed by atoms with Gasteiger partial charge in [0.25, 0.3) is 5.91 Å². The number of hydrogen-bond acceptors (Lipinski definition) is 4. The number of carbonyl (C=O) groups excluding carboxylic acids is 2. The van der Waals surface area contributed by atoms with E-state index in [1.807, 2.05) is 0 Å². The SMILES string of the molecule is O=C1CCC(C(=O)NCC2(C(=O)O)CC2)=NN1. The van der Waals surface area contributed by atoms with Gasteiger partial charge in [-0.3, -0.25) is 14.4 Å². The van der Waals surface area contributed by atoms with E-state index in [1.54, 1.807) is 0 Å². The Hall–Kier alpha value is -1.92. The largest absolute Gasteiger partial charge is 0.481 e. The van der Waals surface area contributed by atoms with Crippen LogP contribution in [0.15, 0.2) is 5.10 Å². The van der Waals surface area contributed by atoms with Crippen molar-refractivity contribution in [3.05, 3.63) is 0 Å². The quantitative estimate of drug-likeness (QED) is 0.598. The number of nitrogens with one attached hydrogen (secondary N) is 2. The lowest BCUT2D eigenvalue weighted by Crippen LogP contribution is -2.40. The summed E-state index contributed by atoms with van der Waals surface area (Å²) in [6.07, 6.45) is 1.70. The van der Waals surface area contributed by atoms with Gasteiger partial charge in [0.1, 0.15) is 5.71 Å². The number of rotatable bonds is 4. The summed E-state index contributed by atoms with van der Waals surface area (Å²) in [5, 5.41) is 15.1. The molecule has 1 aliphatic heterocycles. The second-order valence-corrected chi connectivity index (χ2v) is 4.36. The Balaban J connectivity index is 1.86. The number of hydrogen-bond donors (Lipinski definition) is 3. The average Bonchev–Trinajstić information content (AvgIpc) is 3.08. The molecule has 1 heterocycles. The summed E-state index contributed by atoms with van der Waals surface area (Å²) < 4.78 is 0. The van der Waals surface area contributed by atoms with Gasteiger partial charge in [-0.1, -0.05) is 0 Å². The summed E-state index contributed by atoms with van der Waals surface area (Å²) in [4.78, 5) is 33.3. The number of carboxylic acids is 1. The third kappa shape index (κ3) is 2.43. The van der Waals surface area contributed by atoms with Crippen LogP contribution in [0.1, 0.15) is 25.7 Å². The van der Waals surface area contributed by atoms with Crippen LogP contribution in [0.3, 0.4) is 0 Å². The normalized spacial score (nSPS) is 21.2. The number of carboxylic acid groups (broad SMARTS) is 1. The van der Waals surface area contributed by atoms with Gasteiger partial charge < -0.3 is 10.4 Å². The molecule has 0 aromatic rings. The van der Waals surface area contributed by atoms with Crippen molar-refractivity contribution in [3.8, 4) is 0 Å². The fourth-order valence-electron chi connectivity index (χ4n) is 1.61. The van der Waals surface area contributed by atoms with Gasteiger partial charge in [-0.15, -0.1) is 0 Å². The molecule has 0 aromatic carbocycles. The smallest absolute Gasteiger partial charge is 0.311 e. The van der Waals surface area contributed by atoms with E-state index >= 15 is 0 Å². The first kappa shape index (κ1) is 11.6. The second kappa shape index (κ2) is 4.15.